The predicted octanol–water partition coefficient (Wildman–Crippen LogP) is 18.8. The number of unbranched alkanes of at least 4 members (excludes halogenated alkanes) is 33. The van der Waals surface area contributed by atoms with E-state index in [0.29, 0.717) is 23.9 Å². The van der Waals surface area contributed by atoms with Crippen molar-refractivity contribution in [2.75, 3.05) is 40.9 Å². The molecule has 0 aliphatic heterocycles. The SMILES string of the molecule is CCCCC/C=C\C/C=C\C/C=C\C/C=C\CCCC(=O)OC(/C=C/CCCCCCCCCCC)C(COP(=O)([O-])OCC[N+](C)(C)C)NC(=O)CCCCCCCCCCCCCCCCCCCCCCC. The number of hydrogen-bond donors (Lipinski definition) is 1. The molecule has 0 rings (SSSR count). The van der Waals surface area contributed by atoms with Gasteiger partial charge in [0.2, 0.25) is 5.91 Å². The minimum Gasteiger partial charge on any atom is -0.756 e. The summed E-state index contributed by atoms with van der Waals surface area (Å²) in [6.07, 6.45) is 69.2. The van der Waals surface area contributed by atoms with Crippen LogP contribution in [0.2, 0.25) is 0 Å². The number of likely N-dealkylation sites (N-methyl/N-ethyl adjacent to an activating group) is 1. The molecule has 0 aromatic rings. The molecule has 0 heterocycles. The van der Waals surface area contributed by atoms with Crippen LogP contribution in [0.5, 0.6) is 0 Å². The van der Waals surface area contributed by atoms with Gasteiger partial charge in [-0.25, -0.2) is 0 Å². The van der Waals surface area contributed by atoms with Gasteiger partial charge in [0.05, 0.1) is 33.8 Å². The van der Waals surface area contributed by atoms with Crippen molar-refractivity contribution in [3.63, 3.8) is 0 Å². The molecule has 0 saturated heterocycles. The summed E-state index contributed by atoms with van der Waals surface area (Å²) in [5.74, 6) is -0.598. The van der Waals surface area contributed by atoms with E-state index in [1.165, 1.54) is 186 Å². The van der Waals surface area contributed by atoms with E-state index in [1.54, 1.807) is 0 Å². The second-order valence-electron chi connectivity index (χ2n) is 22.6. The quantitative estimate of drug-likeness (QED) is 0.0212. The molecule has 10 heteroatoms. The molecule has 0 bridgehead atoms. The predicted molar refractivity (Wildman–Crippen MR) is 321 cm³/mol. The largest absolute Gasteiger partial charge is 0.756 e. The molecular weight excluding hydrogens is 952 g/mol. The number of nitrogens with one attached hydrogen (secondary N) is 1. The number of allylic oxidation sites excluding steroid dienone is 9. The molecule has 0 aromatic carbocycles. The van der Waals surface area contributed by atoms with E-state index >= 15 is 0 Å². The molecule has 1 amide bonds. The molecule has 9 nitrogen and oxygen atoms in total. The Morgan fingerprint density at radius 2 is 0.827 bits per heavy atom. The van der Waals surface area contributed by atoms with Crippen molar-refractivity contribution in [2.45, 2.75) is 303 Å². The lowest BCUT2D eigenvalue weighted by Crippen LogP contribution is -2.47. The molecule has 75 heavy (non-hydrogen) atoms. The summed E-state index contributed by atoms with van der Waals surface area (Å²) < 4.78 is 30.3. The zero-order valence-corrected chi connectivity index (χ0v) is 50.9. The third-order valence-corrected chi connectivity index (χ3v) is 14.9. The Bertz CT molecular complexity index is 1470. The molecule has 438 valence electrons. The maximum atomic E-state index is 13.5. The lowest BCUT2D eigenvalue weighted by Gasteiger charge is -2.30. The van der Waals surface area contributed by atoms with Crippen LogP contribution in [-0.4, -0.2) is 69.4 Å². The minimum atomic E-state index is -4.71. The van der Waals surface area contributed by atoms with Crippen molar-refractivity contribution in [2.24, 2.45) is 0 Å². The van der Waals surface area contributed by atoms with Crippen LogP contribution >= 0.6 is 7.82 Å². The second-order valence-corrected chi connectivity index (χ2v) is 24.0. The van der Waals surface area contributed by atoms with Crippen molar-refractivity contribution in [1.29, 1.82) is 0 Å². The Kier molecular flexibility index (Phi) is 53.4. The number of hydrogen-bond acceptors (Lipinski definition) is 7. The topological polar surface area (TPSA) is 114 Å². The molecule has 0 saturated carbocycles. The van der Waals surface area contributed by atoms with Gasteiger partial charge in [-0.3, -0.25) is 14.2 Å². The maximum absolute atomic E-state index is 13.5. The van der Waals surface area contributed by atoms with E-state index in [4.69, 9.17) is 13.8 Å². The fraction of sp³-hybridized carbons (Fsp3) is 0.815. The Hall–Kier alpha value is -2.29. The fourth-order valence-corrected chi connectivity index (χ4v) is 9.77. The van der Waals surface area contributed by atoms with Gasteiger partial charge in [0.15, 0.2) is 0 Å². The van der Waals surface area contributed by atoms with Crippen LogP contribution in [0.4, 0.5) is 0 Å². The highest BCUT2D eigenvalue weighted by Crippen LogP contribution is 2.38. The standard InChI is InChI=1S/C65H121N2O7P/c1-7-10-13-16-19-22-25-27-29-31-32-33-34-36-37-39-42-45-48-51-54-57-64(68)66-62(61-73-75(70,71)72-60-59-67(4,5)6)63(56-53-50-47-44-41-24-21-18-15-12-9-3)74-65(69)58-55-52-49-46-43-40-38-35-30-28-26-23-20-17-14-11-8-2/h20,23,28,30,38,40,46,49,53,56,62-63H,7-19,21-22,24-27,29,31-37,39,41-45,47-48,50-52,54-55,57-61H2,1-6H3,(H-,66,68,70,71)/b23-20-,30-28-,40-38-,49-46-,56-53+. The van der Waals surface area contributed by atoms with Gasteiger partial charge in [0.1, 0.15) is 19.3 Å². The summed E-state index contributed by atoms with van der Waals surface area (Å²) >= 11 is 0. The Morgan fingerprint density at radius 1 is 0.467 bits per heavy atom. The molecule has 0 radical (unpaired) electrons. The molecule has 0 aliphatic rings. The van der Waals surface area contributed by atoms with Gasteiger partial charge < -0.3 is 28.5 Å². The highest BCUT2D eigenvalue weighted by molar-refractivity contribution is 7.45. The zero-order chi connectivity index (χ0) is 55.0. The summed E-state index contributed by atoms with van der Waals surface area (Å²) in [4.78, 5) is 39.9. The Balaban J connectivity index is 5.23. The van der Waals surface area contributed by atoms with Gasteiger partial charge >= 0.3 is 5.97 Å². The first-order chi connectivity index (χ1) is 36.4. The smallest absolute Gasteiger partial charge is 0.306 e. The molecule has 3 atom stereocenters. The van der Waals surface area contributed by atoms with E-state index in [9.17, 15) is 19.0 Å². The first-order valence-electron chi connectivity index (χ1n) is 31.6. The van der Waals surface area contributed by atoms with Crippen LogP contribution in [0, 0.1) is 0 Å². The molecule has 0 aliphatic carbocycles. The average Bonchev–Trinajstić information content (AvgIpc) is 3.37. The Morgan fingerprint density at radius 3 is 1.27 bits per heavy atom. The monoisotopic (exact) mass is 1070 g/mol. The Labute approximate surface area is 464 Å². The number of phosphoric ester groups is 1. The average molecular weight is 1070 g/mol. The van der Waals surface area contributed by atoms with Gasteiger partial charge in [-0.15, -0.1) is 0 Å². The summed E-state index contributed by atoms with van der Waals surface area (Å²) in [6.45, 7) is 6.80. The lowest BCUT2D eigenvalue weighted by atomic mass is 10.0. The van der Waals surface area contributed by atoms with Crippen molar-refractivity contribution in [3.05, 3.63) is 60.8 Å². The van der Waals surface area contributed by atoms with Gasteiger partial charge in [-0.1, -0.05) is 268 Å². The first kappa shape index (κ1) is 72.7. The van der Waals surface area contributed by atoms with Crippen molar-refractivity contribution >= 4 is 19.7 Å². The van der Waals surface area contributed by atoms with Crippen LogP contribution in [0.25, 0.3) is 0 Å². The highest BCUT2D eigenvalue weighted by atomic mass is 31.2. The van der Waals surface area contributed by atoms with E-state index < -0.39 is 32.5 Å². The normalized spacial score (nSPS) is 14.1. The molecule has 3 unspecified atom stereocenters. The van der Waals surface area contributed by atoms with Gasteiger partial charge in [0.25, 0.3) is 7.82 Å². The van der Waals surface area contributed by atoms with Crippen LogP contribution < -0.4 is 10.2 Å². The van der Waals surface area contributed by atoms with Gasteiger partial charge in [-0.2, -0.15) is 0 Å². The van der Waals surface area contributed by atoms with Crippen molar-refractivity contribution in [1.82, 2.24) is 5.32 Å². The number of carbonyl (C=O) groups excluding carboxylic acids is 2. The van der Waals surface area contributed by atoms with Gasteiger partial charge in [0, 0.05) is 12.8 Å². The van der Waals surface area contributed by atoms with Crippen molar-refractivity contribution in [3.8, 4) is 0 Å². The number of quaternary nitrogens is 1. The summed E-state index contributed by atoms with van der Waals surface area (Å²) in [7, 11) is 1.16. The summed E-state index contributed by atoms with van der Waals surface area (Å²) in [5.41, 5.74) is 0. The number of amides is 1. The third-order valence-electron chi connectivity index (χ3n) is 14.0. The highest BCUT2D eigenvalue weighted by Gasteiger charge is 2.27. The van der Waals surface area contributed by atoms with E-state index in [2.05, 4.69) is 74.7 Å². The van der Waals surface area contributed by atoms with Gasteiger partial charge in [-0.05, 0) is 70.3 Å². The van der Waals surface area contributed by atoms with Crippen LogP contribution in [-0.2, 0) is 27.9 Å². The summed E-state index contributed by atoms with van der Waals surface area (Å²) in [5, 5.41) is 3.02. The molecule has 1 N–H and O–H groups in total. The number of nitrogens with zero attached hydrogens (tertiary/aromatic N) is 1. The van der Waals surface area contributed by atoms with Crippen LogP contribution in [0.15, 0.2) is 60.8 Å². The molecule has 0 fully saturated rings. The van der Waals surface area contributed by atoms with E-state index in [-0.39, 0.29) is 18.9 Å². The van der Waals surface area contributed by atoms with Crippen LogP contribution in [0.1, 0.15) is 290 Å². The van der Waals surface area contributed by atoms with E-state index in [0.717, 1.165) is 64.2 Å². The van der Waals surface area contributed by atoms with Crippen LogP contribution in [0.3, 0.4) is 0 Å². The fourth-order valence-electron chi connectivity index (χ4n) is 9.05. The first-order valence-corrected chi connectivity index (χ1v) is 33.1. The van der Waals surface area contributed by atoms with E-state index in [1.807, 2.05) is 33.3 Å². The summed E-state index contributed by atoms with van der Waals surface area (Å²) in [6, 6.07) is -0.909. The molecule has 0 spiro atoms. The minimum absolute atomic E-state index is 0.0305. The molecule has 0 aromatic heterocycles. The number of phosphoric acid groups is 1. The zero-order valence-electron chi connectivity index (χ0n) is 50.0. The lowest BCUT2D eigenvalue weighted by molar-refractivity contribution is -0.870. The number of carbonyl (C=O) groups is 2. The number of ether oxygens (including phenoxy) is 1. The number of esters is 1. The third kappa shape index (κ3) is 56.2. The maximum Gasteiger partial charge on any atom is 0.306 e. The van der Waals surface area contributed by atoms with Crippen molar-refractivity contribution < 1.29 is 37.3 Å². The number of rotatable bonds is 57. The second kappa shape index (κ2) is 55.0. The molecular formula is C65H121N2O7P.